The van der Waals surface area contributed by atoms with Gasteiger partial charge >= 0.3 is 5.51 Å². The molecule has 0 radical (unpaired) electrons. The van der Waals surface area contributed by atoms with E-state index in [4.69, 9.17) is 14.2 Å². The smallest absolute Gasteiger partial charge is 0.446 e. The molecule has 1 spiro atoms. The lowest BCUT2D eigenvalue weighted by atomic mass is 9.52. The number of alkyl halides is 3. The van der Waals surface area contributed by atoms with Crippen LogP contribution in [0.4, 0.5) is 13.2 Å². The summed E-state index contributed by atoms with van der Waals surface area (Å²) in [5.41, 5.74) is 2.00. The summed E-state index contributed by atoms with van der Waals surface area (Å²) in [4.78, 5) is 0.126. The first kappa shape index (κ1) is 36.0. The second-order valence-electron chi connectivity index (χ2n) is 16.3. The normalized spacial score (nSPS) is 18.6. The summed E-state index contributed by atoms with van der Waals surface area (Å²) in [6, 6.07) is 27.9. The van der Waals surface area contributed by atoms with Crippen LogP contribution in [0.2, 0.25) is 0 Å². The van der Waals surface area contributed by atoms with Crippen LogP contribution in [0, 0.1) is 10.8 Å². The molecule has 5 aromatic carbocycles. The third-order valence-electron chi connectivity index (χ3n) is 11.4. The molecule has 1 heterocycles. The first-order valence-electron chi connectivity index (χ1n) is 17.9. The molecule has 0 amide bonds. The molecule has 8 rings (SSSR count). The van der Waals surface area contributed by atoms with Gasteiger partial charge < -0.3 is 14.2 Å². The van der Waals surface area contributed by atoms with E-state index >= 15 is 0 Å². The van der Waals surface area contributed by atoms with Gasteiger partial charge in [-0.05, 0) is 118 Å². The van der Waals surface area contributed by atoms with Crippen LogP contribution >= 0.6 is 24.4 Å². The quantitative estimate of drug-likeness (QED) is 0.138. The van der Waals surface area contributed by atoms with Crippen molar-refractivity contribution in [2.24, 2.45) is 10.8 Å². The lowest BCUT2D eigenvalue weighted by Crippen LogP contribution is -2.44. The van der Waals surface area contributed by atoms with Gasteiger partial charge in [0.1, 0.15) is 17.2 Å². The minimum atomic E-state index is -4.48. The summed E-state index contributed by atoms with van der Waals surface area (Å²) >= 11 is 4.47. The molecule has 0 N–H and O–H groups in total. The van der Waals surface area contributed by atoms with E-state index in [1.165, 1.54) is 11.1 Å². The molecule has 3 aliphatic rings. The molecule has 8 heteroatoms. The van der Waals surface area contributed by atoms with Crippen LogP contribution in [0.5, 0.6) is 17.2 Å². The van der Waals surface area contributed by atoms with Gasteiger partial charge in [-0.3, -0.25) is 0 Å². The maximum Gasteiger partial charge on any atom is 0.446 e. The number of hydrogen-bond acceptors (Lipinski definition) is 5. The molecular weight excluding hydrogens is 710 g/mol. The molecule has 0 unspecified atom stereocenters. The Morgan fingerprint density at radius 3 is 1.91 bits per heavy atom. The van der Waals surface area contributed by atoms with E-state index in [1.54, 1.807) is 20.3 Å². The fraction of sp³-hybridized carbons (Fsp3) is 0.333. The number of methoxy groups -OCH3 is 2. The van der Waals surface area contributed by atoms with E-state index in [1.807, 2.05) is 54.6 Å². The van der Waals surface area contributed by atoms with Crippen molar-refractivity contribution < 1.29 is 27.4 Å². The monoisotopic (exact) mass is 752 g/mol. The zero-order chi connectivity index (χ0) is 37.6. The molecule has 2 aliphatic carbocycles. The molecule has 0 bridgehead atoms. The van der Waals surface area contributed by atoms with E-state index in [0.717, 1.165) is 52.5 Å². The third-order valence-corrected chi connectivity index (χ3v) is 12.5. The van der Waals surface area contributed by atoms with Crippen molar-refractivity contribution in [2.75, 3.05) is 14.2 Å². The standard InChI is InChI=1S/C45H43F3O3S2/c1-41(2)24-42(3,4)26-43(25-41)36-10-8-7-9-32(36)38-34-21-27(23-52)37(53-45(46,47)48)22-35(34)40-33(39(38)43)19-20-44(51-40,28-11-15-30(49-5)16-12-28)29-13-17-31(50-6)18-14-29/h7-22,52H,23-26H2,1-6H3. The van der Waals surface area contributed by atoms with Crippen LogP contribution in [0.3, 0.4) is 0 Å². The molecule has 1 fully saturated rings. The van der Waals surface area contributed by atoms with Gasteiger partial charge in [-0.1, -0.05) is 82.3 Å². The molecule has 53 heavy (non-hydrogen) atoms. The Bertz CT molecular complexity index is 2210. The highest BCUT2D eigenvalue weighted by Crippen LogP contribution is 2.67. The molecule has 0 saturated heterocycles. The Kier molecular flexibility index (Phi) is 8.50. The van der Waals surface area contributed by atoms with Gasteiger partial charge in [0.15, 0.2) is 5.60 Å². The molecule has 1 saturated carbocycles. The van der Waals surface area contributed by atoms with Gasteiger partial charge in [0.05, 0.1) is 14.2 Å². The van der Waals surface area contributed by atoms with Gasteiger partial charge in [-0.25, -0.2) is 0 Å². The van der Waals surface area contributed by atoms with Crippen LogP contribution in [0.25, 0.3) is 28.0 Å². The van der Waals surface area contributed by atoms with Gasteiger partial charge in [-0.15, -0.1) is 0 Å². The largest absolute Gasteiger partial charge is 0.497 e. The number of rotatable bonds is 6. The van der Waals surface area contributed by atoms with Crippen molar-refractivity contribution in [3.05, 3.63) is 124 Å². The van der Waals surface area contributed by atoms with Crippen molar-refractivity contribution in [3.8, 4) is 28.4 Å². The molecule has 1 aliphatic heterocycles. The van der Waals surface area contributed by atoms with E-state index in [-0.39, 0.29) is 38.7 Å². The Labute approximate surface area is 319 Å². The summed E-state index contributed by atoms with van der Waals surface area (Å²) in [6.45, 7) is 9.48. The average Bonchev–Trinajstić information content (AvgIpc) is 3.37. The lowest BCUT2D eigenvalue weighted by Gasteiger charge is -2.52. The van der Waals surface area contributed by atoms with E-state index in [9.17, 15) is 13.2 Å². The fourth-order valence-electron chi connectivity index (χ4n) is 10.2. The number of fused-ring (bicyclic) bond motifs is 10. The van der Waals surface area contributed by atoms with Crippen LogP contribution in [0.1, 0.15) is 80.3 Å². The zero-order valence-electron chi connectivity index (χ0n) is 30.8. The third kappa shape index (κ3) is 5.92. The number of thioether (sulfide) groups is 1. The first-order chi connectivity index (χ1) is 25.1. The van der Waals surface area contributed by atoms with Gasteiger partial charge in [0, 0.05) is 38.1 Å². The lowest BCUT2D eigenvalue weighted by molar-refractivity contribution is -0.0328. The van der Waals surface area contributed by atoms with Gasteiger partial charge in [0.2, 0.25) is 0 Å². The summed E-state index contributed by atoms with van der Waals surface area (Å²) in [6.07, 6.45) is 7.25. The average molecular weight is 753 g/mol. The predicted octanol–water partition coefficient (Wildman–Crippen LogP) is 12.8. The molecule has 274 valence electrons. The fourth-order valence-corrected chi connectivity index (χ4v) is 11.3. The highest BCUT2D eigenvalue weighted by molar-refractivity contribution is 8.00. The number of ether oxygens (including phenoxy) is 3. The Morgan fingerprint density at radius 2 is 1.36 bits per heavy atom. The van der Waals surface area contributed by atoms with Crippen LogP contribution in [-0.4, -0.2) is 19.7 Å². The van der Waals surface area contributed by atoms with Crippen molar-refractivity contribution in [3.63, 3.8) is 0 Å². The molecule has 5 aromatic rings. The SMILES string of the molecule is COc1ccc(C2(c3ccc(OC)cc3)C=Cc3c4c(c5cc(CS)c(SC(F)(F)F)cc5c3O2)-c2ccccc2C42CC(C)(C)CC(C)(C)C2)cc1. The Morgan fingerprint density at radius 1 is 0.774 bits per heavy atom. The van der Waals surface area contributed by atoms with Crippen LogP contribution in [-0.2, 0) is 16.8 Å². The molecule has 3 nitrogen and oxygen atoms in total. The van der Waals surface area contributed by atoms with Gasteiger partial charge in [-0.2, -0.15) is 25.8 Å². The minimum Gasteiger partial charge on any atom is -0.497 e. The number of hydrogen-bond donors (Lipinski definition) is 1. The van der Waals surface area contributed by atoms with Crippen LogP contribution in [0.15, 0.2) is 95.9 Å². The Hall–Kier alpha value is -4.01. The molecular formula is C45H43F3O3S2. The number of thiol groups is 1. The van der Waals surface area contributed by atoms with Crippen molar-refractivity contribution in [1.82, 2.24) is 0 Å². The topological polar surface area (TPSA) is 27.7 Å². The highest BCUT2D eigenvalue weighted by Gasteiger charge is 2.55. The van der Waals surface area contributed by atoms with E-state index < -0.39 is 11.1 Å². The summed E-state index contributed by atoms with van der Waals surface area (Å²) in [5.74, 6) is 2.15. The predicted molar refractivity (Wildman–Crippen MR) is 213 cm³/mol. The number of halogens is 3. The maximum absolute atomic E-state index is 14.2. The van der Waals surface area contributed by atoms with Crippen molar-refractivity contribution in [2.45, 2.75) is 74.1 Å². The highest BCUT2D eigenvalue weighted by atomic mass is 32.2. The van der Waals surface area contributed by atoms with E-state index in [2.05, 4.69) is 76.7 Å². The summed E-state index contributed by atoms with van der Waals surface area (Å²) in [5, 5.41) is 1.53. The summed E-state index contributed by atoms with van der Waals surface area (Å²) < 4.78 is 61.0. The number of benzene rings is 5. The molecule has 0 atom stereocenters. The van der Waals surface area contributed by atoms with Crippen molar-refractivity contribution >= 4 is 41.2 Å². The maximum atomic E-state index is 14.2. The van der Waals surface area contributed by atoms with Gasteiger partial charge in [0.25, 0.3) is 0 Å². The zero-order valence-corrected chi connectivity index (χ0v) is 32.5. The summed E-state index contributed by atoms with van der Waals surface area (Å²) in [7, 11) is 3.26. The molecule has 0 aromatic heterocycles. The van der Waals surface area contributed by atoms with Crippen molar-refractivity contribution in [1.29, 1.82) is 0 Å². The minimum absolute atomic E-state index is 0.0248. The Balaban J connectivity index is 1.50. The van der Waals surface area contributed by atoms with E-state index in [0.29, 0.717) is 28.2 Å². The second-order valence-corrected chi connectivity index (χ2v) is 17.7. The first-order valence-corrected chi connectivity index (χ1v) is 19.4. The van der Waals surface area contributed by atoms with Crippen LogP contribution < -0.4 is 14.2 Å². The second kappa shape index (κ2) is 12.5.